The Bertz CT molecular complexity index is 772. The summed E-state index contributed by atoms with van der Waals surface area (Å²) in [5.41, 5.74) is -0.128. The van der Waals surface area contributed by atoms with Crippen molar-refractivity contribution in [1.29, 1.82) is 0 Å². The van der Waals surface area contributed by atoms with Gasteiger partial charge in [-0.3, -0.25) is 4.79 Å². The second kappa shape index (κ2) is 9.00. The number of methoxy groups -OCH3 is 1. The van der Waals surface area contributed by atoms with Crippen LogP contribution in [0.25, 0.3) is 0 Å². The Hall–Kier alpha value is -2.40. The monoisotopic (exact) mass is 391 g/mol. The van der Waals surface area contributed by atoms with E-state index in [1.165, 1.54) is 0 Å². The van der Waals surface area contributed by atoms with Crippen molar-refractivity contribution in [3.05, 3.63) is 53.1 Å². The Morgan fingerprint density at radius 2 is 1.78 bits per heavy atom. The number of benzene rings is 2. The van der Waals surface area contributed by atoms with Crippen molar-refractivity contribution in [2.24, 2.45) is 0 Å². The highest BCUT2D eigenvalue weighted by Crippen LogP contribution is 2.29. The summed E-state index contributed by atoms with van der Waals surface area (Å²) < 4.78 is 16.9. The molecule has 1 N–H and O–H groups in total. The van der Waals surface area contributed by atoms with Crippen LogP contribution in [0, 0.1) is 0 Å². The molecule has 5 nitrogen and oxygen atoms in total. The quantitative estimate of drug-likeness (QED) is 0.713. The fraction of sp³-hybridized carbons (Fsp3) is 0.381. The van der Waals surface area contributed by atoms with Crippen LogP contribution in [-0.2, 0) is 11.3 Å². The average molecular weight is 392 g/mol. The van der Waals surface area contributed by atoms with Gasteiger partial charge in [-0.2, -0.15) is 0 Å². The molecule has 0 saturated carbocycles. The highest BCUT2D eigenvalue weighted by atomic mass is 35.5. The van der Waals surface area contributed by atoms with Crippen molar-refractivity contribution in [1.82, 2.24) is 5.32 Å². The fourth-order valence-electron chi connectivity index (χ4n) is 2.41. The van der Waals surface area contributed by atoms with E-state index in [-0.39, 0.29) is 12.0 Å². The minimum atomic E-state index is -1.03. The lowest BCUT2D eigenvalue weighted by atomic mass is 10.1. The van der Waals surface area contributed by atoms with E-state index in [0.717, 1.165) is 5.56 Å². The Kier molecular flexibility index (Phi) is 6.97. The number of amides is 1. The van der Waals surface area contributed by atoms with Gasteiger partial charge in [-0.15, -0.1) is 0 Å². The Labute approximate surface area is 165 Å². The molecular weight excluding hydrogens is 366 g/mol. The lowest BCUT2D eigenvalue weighted by Crippen LogP contribution is -2.46. The first-order chi connectivity index (χ1) is 12.7. The number of nitrogens with one attached hydrogen (secondary N) is 1. The lowest BCUT2D eigenvalue weighted by Gasteiger charge is -2.25. The summed E-state index contributed by atoms with van der Waals surface area (Å²) in [7, 11) is 1.59. The van der Waals surface area contributed by atoms with Crippen LogP contribution in [0.5, 0.6) is 17.2 Å². The Morgan fingerprint density at radius 3 is 2.37 bits per heavy atom. The van der Waals surface area contributed by atoms with Gasteiger partial charge in [0.15, 0.2) is 17.1 Å². The number of carbonyl (C=O) groups excluding carboxylic acids is 1. The molecule has 6 heteroatoms. The minimum Gasteiger partial charge on any atom is -0.493 e. The third-order valence-electron chi connectivity index (χ3n) is 3.78. The first-order valence-electron chi connectivity index (χ1n) is 8.77. The Morgan fingerprint density at radius 1 is 1.11 bits per heavy atom. The maximum absolute atomic E-state index is 12.6. The molecular formula is C21H26ClNO4. The van der Waals surface area contributed by atoms with Crippen LogP contribution in [0.4, 0.5) is 0 Å². The molecule has 2 aromatic rings. The van der Waals surface area contributed by atoms with Crippen molar-refractivity contribution >= 4 is 17.5 Å². The number of rotatable bonds is 8. The number of hydrogen-bond donors (Lipinski definition) is 1. The SMILES string of the molecule is COc1cc(CNC(=O)C(C)(C)Oc2ccc(Cl)cc2)ccc1OC(C)C. The number of carbonyl (C=O) groups is 1. The molecule has 0 heterocycles. The molecule has 0 radical (unpaired) electrons. The topological polar surface area (TPSA) is 56.8 Å². The molecule has 1 amide bonds. The molecule has 0 aliphatic heterocycles. The van der Waals surface area contributed by atoms with Gasteiger partial charge in [-0.1, -0.05) is 17.7 Å². The molecule has 0 unspecified atom stereocenters. The van der Waals surface area contributed by atoms with Crippen LogP contribution in [0.3, 0.4) is 0 Å². The summed E-state index contributed by atoms with van der Waals surface area (Å²) in [4.78, 5) is 12.6. The molecule has 0 bridgehead atoms. The number of hydrogen-bond acceptors (Lipinski definition) is 4. The normalized spacial score (nSPS) is 11.2. The maximum atomic E-state index is 12.6. The van der Waals surface area contributed by atoms with Gasteiger partial charge in [0.2, 0.25) is 0 Å². The molecule has 0 saturated heterocycles. The number of halogens is 1. The maximum Gasteiger partial charge on any atom is 0.263 e. The summed E-state index contributed by atoms with van der Waals surface area (Å²) in [6.07, 6.45) is 0.0512. The molecule has 0 aliphatic rings. The zero-order valence-corrected chi connectivity index (χ0v) is 17.1. The highest BCUT2D eigenvalue weighted by molar-refractivity contribution is 6.30. The van der Waals surface area contributed by atoms with Crippen molar-refractivity contribution in [2.45, 2.75) is 45.9 Å². The van der Waals surface area contributed by atoms with E-state index in [2.05, 4.69) is 5.32 Å². The standard InChI is InChI=1S/C21H26ClNO4/c1-14(2)26-18-11-6-15(12-19(18)25-5)13-23-20(24)21(3,4)27-17-9-7-16(22)8-10-17/h6-12,14H,13H2,1-5H3,(H,23,24). The minimum absolute atomic E-state index is 0.0512. The van der Waals surface area contributed by atoms with Crippen molar-refractivity contribution in [2.75, 3.05) is 7.11 Å². The van der Waals surface area contributed by atoms with E-state index in [4.69, 9.17) is 25.8 Å². The van der Waals surface area contributed by atoms with E-state index in [9.17, 15) is 4.79 Å². The van der Waals surface area contributed by atoms with E-state index in [1.807, 2.05) is 32.0 Å². The second-order valence-corrected chi connectivity index (χ2v) is 7.34. The van der Waals surface area contributed by atoms with E-state index in [0.29, 0.717) is 28.8 Å². The fourth-order valence-corrected chi connectivity index (χ4v) is 2.54. The molecule has 0 fully saturated rings. The molecule has 27 heavy (non-hydrogen) atoms. The molecule has 0 atom stereocenters. The first kappa shape index (κ1) is 20.9. The predicted octanol–water partition coefficient (Wildman–Crippen LogP) is 4.61. The predicted molar refractivity (Wildman–Crippen MR) is 107 cm³/mol. The van der Waals surface area contributed by atoms with Gasteiger partial charge in [0.05, 0.1) is 13.2 Å². The summed E-state index contributed by atoms with van der Waals surface area (Å²) in [5.74, 6) is 1.66. The molecule has 146 valence electrons. The van der Waals surface area contributed by atoms with Gasteiger partial charge in [-0.25, -0.2) is 0 Å². The van der Waals surface area contributed by atoms with Crippen LogP contribution in [0.1, 0.15) is 33.3 Å². The van der Waals surface area contributed by atoms with E-state index >= 15 is 0 Å². The number of ether oxygens (including phenoxy) is 3. The molecule has 0 aromatic heterocycles. The third kappa shape index (κ3) is 6.07. The summed E-state index contributed by atoms with van der Waals surface area (Å²) in [5, 5.41) is 3.51. The van der Waals surface area contributed by atoms with Crippen molar-refractivity contribution in [3.8, 4) is 17.2 Å². The average Bonchev–Trinajstić information content (AvgIpc) is 2.61. The first-order valence-corrected chi connectivity index (χ1v) is 9.15. The van der Waals surface area contributed by atoms with Gasteiger partial charge < -0.3 is 19.5 Å². The molecule has 0 spiro atoms. The summed E-state index contributed by atoms with van der Waals surface area (Å²) in [6, 6.07) is 12.5. The van der Waals surface area contributed by atoms with Crippen LogP contribution in [0.15, 0.2) is 42.5 Å². The molecule has 2 aromatic carbocycles. The van der Waals surface area contributed by atoms with E-state index in [1.54, 1.807) is 45.2 Å². The lowest BCUT2D eigenvalue weighted by molar-refractivity contribution is -0.134. The third-order valence-corrected chi connectivity index (χ3v) is 4.03. The molecule has 0 aliphatic carbocycles. The zero-order chi connectivity index (χ0) is 20.0. The van der Waals surface area contributed by atoms with Gasteiger partial charge in [0, 0.05) is 11.6 Å². The van der Waals surface area contributed by atoms with Gasteiger partial charge in [0.25, 0.3) is 5.91 Å². The second-order valence-electron chi connectivity index (χ2n) is 6.90. The Balaban J connectivity index is 2.00. The molecule has 2 rings (SSSR count). The van der Waals surface area contributed by atoms with Crippen LogP contribution in [0.2, 0.25) is 5.02 Å². The van der Waals surface area contributed by atoms with Gasteiger partial charge in [-0.05, 0) is 69.7 Å². The van der Waals surface area contributed by atoms with Crippen molar-refractivity contribution in [3.63, 3.8) is 0 Å². The largest absolute Gasteiger partial charge is 0.493 e. The summed E-state index contributed by atoms with van der Waals surface area (Å²) >= 11 is 5.87. The smallest absolute Gasteiger partial charge is 0.263 e. The van der Waals surface area contributed by atoms with Gasteiger partial charge in [0.1, 0.15) is 5.75 Å². The van der Waals surface area contributed by atoms with Crippen LogP contribution < -0.4 is 19.5 Å². The van der Waals surface area contributed by atoms with Gasteiger partial charge >= 0.3 is 0 Å². The van der Waals surface area contributed by atoms with Crippen molar-refractivity contribution < 1.29 is 19.0 Å². The van der Waals surface area contributed by atoms with E-state index < -0.39 is 5.60 Å². The summed E-state index contributed by atoms with van der Waals surface area (Å²) in [6.45, 7) is 7.70. The van der Waals surface area contributed by atoms with Crippen LogP contribution in [-0.4, -0.2) is 24.7 Å². The zero-order valence-electron chi connectivity index (χ0n) is 16.3. The van der Waals surface area contributed by atoms with Crippen LogP contribution >= 0.6 is 11.6 Å². The highest BCUT2D eigenvalue weighted by Gasteiger charge is 2.29.